The molecule has 1 amide bonds. The molecule has 1 fully saturated rings. The average molecular weight is 412 g/mol. The summed E-state index contributed by atoms with van der Waals surface area (Å²) in [6.45, 7) is 3.02. The lowest BCUT2D eigenvalue weighted by Gasteiger charge is -2.28. The van der Waals surface area contributed by atoms with Crippen LogP contribution in [0.1, 0.15) is 39.0 Å². The minimum atomic E-state index is -3.59. The molecule has 0 aromatic heterocycles. The summed E-state index contributed by atoms with van der Waals surface area (Å²) in [5.74, 6) is -5.39. The van der Waals surface area contributed by atoms with Crippen LogP contribution in [0.2, 0.25) is 0 Å². The van der Waals surface area contributed by atoms with Crippen molar-refractivity contribution in [2.24, 2.45) is 5.92 Å². The molecule has 1 aliphatic carbocycles. The molecular weight excluding hydrogens is 382 g/mol. The van der Waals surface area contributed by atoms with E-state index in [2.05, 4.69) is 4.74 Å². The topological polar surface area (TPSA) is 66.9 Å². The van der Waals surface area contributed by atoms with Crippen LogP contribution in [0.15, 0.2) is 24.3 Å². The molecule has 0 bridgehead atoms. The van der Waals surface area contributed by atoms with Gasteiger partial charge in [0, 0.05) is 32.0 Å². The van der Waals surface area contributed by atoms with Crippen molar-refractivity contribution < 1.29 is 27.9 Å². The van der Waals surface area contributed by atoms with Crippen LogP contribution in [0.25, 0.3) is 0 Å². The monoisotopic (exact) mass is 412 g/mol. The summed E-state index contributed by atoms with van der Waals surface area (Å²) in [6, 6.07) is -0.642. The molecule has 0 aromatic rings. The van der Waals surface area contributed by atoms with Gasteiger partial charge in [-0.25, -0.2) is 4.79 Å². The van der Waals surface area contributed by atoms with Gasteiger partial charge >= 0.3 is 11.9 Å². The standard InChI is InChI=1S/C21H30F2N2O4/c1-3-29-20(28)21(22,23)14-17-9-6-13-25(17)19(27)11-7-12-24(2)15-16-8-4-5-10-18(16)26/h4-5,8,10,16-17H,3,6-7,9,11-15H2,1-2H3. The zero-order chi connectivity index (χ0) is 21.4. The Morgan fingerprint density at radius 1 is 1.34 bits per heavy atom. The molecule has 6 nitrogen and oxygen atoms in total. The normalized spacial score (nSPS) is 21.8. The van der Waals surface area contributed by atoms with Gasteiger partial charge in [-0.2, -0.15) is 8.78 Å². The first kappa shape index (κ1) is 23.2. The van der Waals surface area contributed by atoms with E-state index in [1.165, 1.54) is 11.8 Å². The molecule has 0 saturated carbocycles. The summed E-state index contributed by atoms with van der Waals surface area (Å²) >= 11 is 0. The number of hydrogen-bond acceptors (Lipinski definition) is 5. The Labute approximate surface area is 170 Å². The molecule has 29 heavy (non-hydrogen) atoms. The Morgan fingerprint density at radius 3 is 2.79 bits per heavy atom. The third-order valence-corrected chi connectivity index (χ3v) is 5.28. The first-order valence-electron chi connectivity index (χ1n) is 10.2. The molecule has 1 saturated heterocycles. The molecule has 2 atom stereocenters. The van der Waals surface area contributed by atoms with Gasteiger partial charge in [-0.15, -0.1) is 0 Å². The molecule has 8 heteroatoms. The number of ketones is 1. The van der Waals surface area contributed by atoms with E-state index < -0.39 is 24.4 Å². The Bertz CT molecular complexity index is 663. The number of allylic oxidation sites excluding steroid dienone is 3. The molecule has 2 rings (SSSR count). The van der Waals surface area contributed by atoms with Gasteiger partial charge in [-0.1, -0.05) is 18.2 Å². The van der Waals surface area contributed by atoms with Crippen LogP contribution in [0.5, 0.6) is 0 Å². The lowest BCUT2D eigenvalue weighted by Crippen LogP contribution is -2.42. The highest BCUT2D eigenvalue weighted by atomic mass is 19.3. The van der Waals surface area contributed by atoms with E-state index in [1.54, 1.807) is 12.2 Å². The first-order valence-corrected chi connectivity index (χ1v) is 10.2. The maximum atomic E-state index is 14.0. The van der Waals surface area contributed by atoms with Crippen LogP contribution in [-0.4, -0.2) is 72.7 Å². The first-order chi connectivity index (χ1) is 13.7. The van der Waals surface area contributed by atoms with Gasteiger partial charge in [0.25, 0.3) is 0 Å². The van der Waals surface area contributed by atoms with E-state index in [4.69, 9.17) is 0 Å². The average Bonchev–Trinajstić information content (AvgIpc) is 3.11. The van der Waals surface area contributed by atoms with Crippen LogP contribution in [0.4, 0.5) is 8.78 Å². The third kappa shape index (κ3) is 6.73. The number of esters is 1. The van der Waals surface area contributed by atoms with Gasteiger partial charge in [0.15, 0.2) is 5.78 Å². The molecule has 0 N–H and O–H groups in total. The minimum Gasteiger partial charge on any atom is -0.462 e. The lowest BCUT2D eigenvalue weighted by atomic mass is 9.99. The second-order valence-corrected chi connectivity index (χ2v) is 7.63. The van der Waals surface area contributed by atoms with Crippen LogP contribution in [-0.2, 0) is 19.1 Å². The Morgan fingerprint density at radius 2 is 2.10 bits per heavy atom. The van der Waals surface area contributed by atoms with Crippen LogP contribution in [0, 0.1) is 5.92 Å². The second-order valence-electron chi connectivity index (χ2n) is 7.63. The SMILES string of the molecule is CCOC(=O)C(F)(F)CC1CCCN1C(=O)CCCN(C)CC1C=CC=CC1=O. The molecule has 1 heterocycles. The summed E-state index contributed by atoms with van der Waals surface area (Å²) in [5, 5.41) is 0. The lowest BCUT2D eigenvalue weighted by molar-refractivity contribution is -0.174. The Hall–Kier alpha value is -2.09. The molecule has 0 aromatic carbocycles. The number of carbonyl (C=O) groups is 3. The summed E-state index contributed by atoms with van der Waals surface area (Å²) in [7, 11) is 1.89. The van der Waals surface area contributed by atoms with Crippen molar-refractivity contribution in [1.82, 2.24) is 9.80 Å². The highest BCUT2D eigenvalue weighted by molar-refractivity contribution is 5.94. The number of halogens is 2. The maximum absolute atomic E-state index is 14.0. The summed E-state index contributed by atoms with van der Waals surface area (Å²) in [4.78, 5) is 39.3. The fraction of sp³-hybridized carbons (Fsp3) is 0.667. The van der Waals surface area contributed by atoms with Crippen LogP contribution >= 0.6 is 0 Å². The predicted molar refractivity (Wildman–Crippen MR) is 104 cm³/mol. The van der Waals surface area contributed by atoms with Gasteiger partial charge in [0.2, 0.25) is 5.91 Å². The van der Waals surface area contributed by atoms with Gasteiger partial charge < -0.3 is 14.5 Å². The van der Waals surface area contributed by atoms with E-state index in [9.17, 15) is 23.2 Å². The quantitative estimate of drug-likeness (QED) is 0.516. The number of ether oxygens (including phenoxy) is 1. The van der Waals surface area contributed by atoms with E-state index >= 15 is 0 Å². The zero-order valence-corrected chi connectivity index (χ0v) is 17.1. The van der Waals surface area contributed by atoms with Gasteiger partial charge in [0.05, 0.1) is 12.5 Å². The molecule has 1 aliphatic heterocycles. The van der Waals surface area contributed by atoms with Gasteiger partial charge in [-0.05, 0) is 45.9 Å². The van der Waals surface area contributed by atoms with Crippen molar-refractivity contribution in [3.05, 3.63) is 24.3 Å². The second kappa shape index (κ2) is 10.6. The number of hydrogen-bond donors (Lipinski definition) is 0. The van der Waals surface area contributed by atoms with Crippen molar-refractivity contribution in [2.75, 3.05) is 33.3 Å². The maximum Gasteiger partial charge on any atom is 0.377 e. The number of likely N-dealkylation sites (tertiary alicyclic amines) is 1. The molecular formula is C21H30F2N2O4. The highest BCUT2D eigenvalue weighted by Gasteiger charge is 2.45. The number of nitrogens with zero attached hydrogens (tertiary/aromatic N) is 2. The van der Waals surface area contributed by atoms with E-state index in [0.29, 0.717) is 38.9 Å². The Balaban J connectivity index is 1.77. The van der Waals surface area contributed by atoms with Crippen molar-refractivity contribution in [1.29, 1.82) is 0 Å². The van der Waals surface area contributed by atoms with E-state index in [1.807, 2.05) is 24.1 Å². The molecule has 0 spiro atoms. The summed E-state index contributed by atoms with van der Waals surface area (Å²) < 4.78 is 32.5. The summed E-state index contributed by atoms with van der Waals surface area (Å²) in [5.41, 5.74) is 0. The van der Waals surface area contributed by atoms with Crippen molar-refractivity contribution in [3.8, 4) is 0 Å². The molecule has 0 radical (unpaired) electrons. The number of rotatable bonds is 10. The smallest absolute Gasteiger partial charge is 0.377 e. The van der Waals surface area contributed by atoms with Gasteiger partial charge in [0.1, 0.15) is 0 Å². The van der Waals surface area contributed by atoms with E-state index in [-0.39, 0.29) is 30.6 Å². The van der Waals surface area contributed by atoms with Crippen LogP contribution < -0.4 is 0 Å². The van der Waals surface area contributed by atoms with Crippen molar-refractivity contribution in [3.63, 3.8) is 0 Å². The minimum absolute atomic E-state index is 0.0675. The summed E-state index contributed by atoms with van der Waals surface area (Å²) in [6.07, 6.45) is 8.24. The highest BCUT2D eigenvalue weighted by Crippen LogP contribution is 2.30. The van der Waals surface area contributed by atoms with E-state index in [0.717, 1.165) is 0 Å². The van der Waals surface area contributed by atoms with Crippen molar-refractivity contribution >= 4 is 17.7 Å². The predicted octanol–water partition coefficient (Wildman–Crippen LogP) is 2.59. The Kier molecular flexibility index (Phi) is 8.49. The van der Waals surface area contributed by atoms with Crippen molar-refractivity contribution in [2.45, 2.75) is 51.0 Å². The van der Waals surface area contributed by atoms with Gasteiger partial charge in [-0.3, -0.25) is 9.59 Å². The zero-order valence-electron chi connectivity index (χ0n) is 17.1. The third-order valence-electron chi connectivity index (χ3n) is 5.28. The number of carbonyl (C=O) groups excluding carboxylic acids is 3. The molecule has 2 aliphatic rings. The number of alkyl halides is 2. The molecule has 162 valence electrons. The molecule has 2 unspecified atom stereocenters. The largest absolute Gasteiger partial charge is 0.462 e. The fourth-order valence-electron chi connectivity index (χ4n) is 3.78. The number of amides is 1. The van der Waals surface area contributed by atoms with Crippen LogP contribution in [0.3, 0.4) is 0 Å². The fourth-order valence-corrected chi connectivity index (χ4v) is 3.78.